The summed E-state index contributed by atoms with van der Waals surface area (Å²) in [6, 6.07) is 2.53. The normalized spacial score (nSPS) is 26.6. The highest BCUT2D eigenvalue weighted by molar-refractivity contribution is 5.98. The number of nitrogens with zero attached hydrogens (tertiary/aromatic N) is 1. The molecule has 0 radical (unpaired) electrons. The lowest BCUT2D eigenvalue weighted by molar-refractivity contribution is -0.137. The van der Waals surface area contributed by atoms with Gasteiger partial charge in [-0.15, -0.1) is 0 Å². The van der Waals surface area contributed by atoms with Crippen LogP contribution in [-0.4, -0.2) is 64.3 Å². The molecule has 11 heteroatoms. The van der Waals surface area contributed by atoms with Crippen LogP contribution < -0.4 is 10.6 Å². The van der Waals surface area contributed by atoms with E-state index in [1.165, 1.54) is 6.07 Å². The lowest BCUT2D eigenvalue weighted by Gasteiger charge is -2.40. The molecular weight excluding hydrogens is 419 g/mol. The third-order valence-corrected chi connectivity index (χ3v) is 5.90. The fraction of sp³-hybridized carbons (Fsp3) is 0.550. The Morgan fingerprint density at radius 2 is 1.90 bits per heavy atom. The Morgan fingerprint density at radius 3 is 2.55 bits per heavy atom. The molecule has 1 aromatic carbocycles. The maximum atomic E-state index is 12.9. The van der Waals surface area contributed by atoms with Gasteiger partial charge in [0.15, 0.2) is 0 Å². The maximum absolute atomic E-state index is 12.9. The monoisotopic (exact) mass is 443 g/mol. The number of carbonyl (C=O) groups is 3. The van der Waals surface area contributed by atoms with Gasteiger partial charge < -0.3 is 25.7 Å². The first kappa shape index (κ1) is 22.9. The summed E-state index contributed by atoms with van der Waals surface area (Å²) in [5, 5.41) is 23.5. The summed E-state index contributed by atoms with van der Waals surface area (Å²) in [6.45, 7) is 0.123. The third kappa shape index (κ3) is 5.27. The van der Waals surface area contributed by atoms with E-state index in [0.29, 0.717) is 32.2 Å². The minimum Gasteiger partial charge on any atom is -0.465 e. The van der Waals surface area contributed by atoms with E-state index in [-0.39, 0.29) is 36.1 Å². The first-order valence-corrected chi connectivity index (χ1v) is 9.99. The van der Waals surface area contributed by atoms with Crippen molar-refractivity contribution in [2.75, 3.05) is 13.2 Å². The molecule has 170 valence electrons. The van der Waals surface area contributed by atoms with E-state index >= 15 is 0 Å². The van der Waals surface area contributed by atoms with Crippen LogP contribution in [0, 0.1) is 5.92 Å². The number of carbonyl (C=O) groups excluding carboxylic acids is 2. The van der Waals surface area contributed by atoms with Crippen molar-refractivity contribution in [1.82, 2.24) is 15.5 Å². The van der Waals surface area contributed by atoms with E-state index in [1.54, 1.807) is 4.90 Å². The van der Waals surface area contributed by atoms with Crippen molar-refractivity contribution in [3.05, 3.63) is 35.4 Å². The van der Waals surface area contributed by atoms with Gasteiger partial charge in [-0.1, -0.05) is 6.07 Å². The summed E-state index contributed by atoms with van der Waals surface area (Å²) in [6.07, 6.45) is -4.03. The number of hydrogen-bond donors (Lipinski definition) is 4. The summed E-state index contributed by atoms with van der Waals surface area (Å²) in [7, 11) is 0. The molecule has 0 spiro atoms. The van der Waals surface area contributed by atoms with E-state index in [1.807, 2.05) is 0 Å². The topological polar surface area (TPSA) is 119 Å². The summed E-state index contributed by atoms with van der Waals surface area (Å²) < 4.78 is 38.6. The highest BCUT2D eigenvalue weighted by Gasteiger charge is 2.42. The van der Waals surface area contributed by atoms with Crippen LogP contribution in [0.4, 0.5) is 18.0 Å². The quantitative estimate of drug-likeness (QED) is 0.554. The van der Waals surface area contributed by atoms with Gasteiger partial charge in [0, 0.05) is 36.7 Å². The van der Waals surface area contributed by atoms with Crippen LogP contribution in [0.1, 0.15) is 41.6 Å². The smallest absolute Gasteiger partial charge is 0.416 e. The molecule has 3 amide bonds. The molecule has 2 aliphatic rings. The van der Waals surface area contributed by atoms with Crippen molar-refractivity contribution in [3.63, 3.8) is 0 Å². The number of aliphatic hydroxyl groups excluding tert-OH is 1. The Bertz CT molecular complexity index is 848. The van der Waals surface area contributed by atoms with Gasteiger partial charge in [-0.2, -0.15) is 13.2 Å². The zero-order valence-corrected chi connectivity index (χ0v) is 16.6. The zero-order chi connectivity index (χ0) is 22.8. The molecule has 4 atom stereocenters. The van der Waals surface area contributed by atoms with Crippen molar-refractivity contribution < 1.29 is 37.8 Å². The molecule has 1 aliphatic heterocycles. The number of carboxylic acid groups (broad SMARTS) is 1. The molecule has 2 fully saturated rings. The SMILES string of the molecule is O=C(O)NC1CC[C@H](N2CCC(NC(=O)c3cccc(C(F)(F)F)c3)C2=O)[C@H](CO)C1. The second-order valence-corrected chi connectivity index (χ2v) is 7.89. The standard InChI is InChI=1S/C20H24F3N3O5/c21-20(22,23)13-3-1-2-11(8-13)17(28)25-15-6-7-26(18(15)29)16-5-4-14(24-19(30)31)9-12(16)10-27/h1-3,8,12,14-16,24,27H,4-7,9-10H2,(H,25,28)(H,30,31)/t12-,14?,15?,16-/m0/s1. The summed E-state index contributed by atoms with van der Waals surface area (Å²) in [5.41, 5.74) is -1.13. The molecule has 3 rings (SSSR count). The summed E-state index contributed by atoms with van der Waals surface area (Å²) in [5.74, 6) is -1.43. The van der Waals surface area contributed by atoms with Crippen LogP contribution in [0.25, 0.3) is 0 Å². The molecular formula is C20H24F3N3O5. The van der Waals surface area contributed by atoms with Crippen molar-refractivity contribution in [2.24, 2.45) is 5.92 Å². The first-order valence-electron chi connectivity index (χ1n) is 9.99. The van der Waals surface area contributed by atoms with E-state index in [4.69, 9.17) is 5.11 Å². The number of nitrogens with one attached hydrogen (secondary N) is 2. The highest BCUT2D eigenvalue weighted by atomic mass is 19.4. The number of likely N-dealkylation sites (tertiary alicyclic amines) is 1. The number of amides is 3. The second kappa shape index (κ2) is 9.13. The predicted molar refractivity (Wildman–Crippen MR) is 102 cm³/mol. The van der Waals surface area contributed by atoms with Crippen molar-refractivity contribution in [2.45, 2.75) is 50.0 Å². The van der Waals surface area contributed by atoms with E-state index in [0.717, 1.165) is 18.2 Å². The van der Waals surface area contributed by atoms with Crippen molar-refractivity contribution >= 4 is 17.9 Å². The second-order valence-electron chi connectivity index (χ2n) is 7.89. The number of hydrogen-bond acceptors (Lipinski definition) is 4. The zero-order valence-electron chi connectivity index (χ0n) is 16.6. The average molecular weight is 443 g/mol. The summed E-state index contributed by atoms with van der Waals surface area (Å²) >= 11 is 0. The maximum Gasteiger partial charge on any atom is 0.416 e. The Morgan fingerprint density at radius 1 is 1.16 bits per heavy atom. The van der Waals surface area contributed by atoms with Gasteiger partial charge in [0.25, 0.3) is 5.91 Å². The van der Waals surface area contributed by atoms with Crippen LogP contribution >= 0.6 is 0 Å². The molecule has 31 heavy (non-hydrogen) atoms. The van der Waals surface area contributed by atoms with E-state index in [9.17, 15) is 32.7 Å². The number of alkyl halides is 3. The Balaban J connectivity index is 1.63. The van der Waals surface area contributed by atoms with Crippen molar-refractivity contribution in [1.29, 1.82) is 0 Å². The number of aliphatic hydroxyl groups is 1. The van der Waals surface area contributed by atoms with Gasteiger partial charge in [0.2, 0.25) is 5.91 Å². The lowest BCUT2D eigenvalue weighted by Crippen LogP contribution is -2.52. The van der Waals surface area contributed by atoms with Crippen LogP contribution in [0.5, 0.6) is 0 Å². The fourth-order valence-electron chi connectivity index (χ4n) is 4.40. The van der Waals surface area contributed by atoms with Crippen LogP contribution in [0.2, 0.25) is 0 Å². The number of benzene rings is 1. The number of halogens is 3. The Hall–Kier alpha value is -2.82. The van der Waals surface area contributed by atoms with Gasteiger partial charge in [-0.25, -0.2) is 4.79 Å². The molecule has 1 aliphatic carbocycles. The molecule has 4 N–H and O–H groups in total. The molecule has 1 heterocycles. The fourth-order valence-corrected chi connectivity index (χ4v) is 4.40. The van der Waals surface area contributed by atoms with E-state index < -0.39 is 29.8 Å². The Labute approximate surface area is 176 Å². The molecule has 8 nitrogen and oxygen atoms in total. The minimum absolute atomic E-state index is 0.186. The van der Waals surface area contributed by atoms with Crippen LogP contribution in [0.3, 0.4) is 0 Å². The molecule has 1 saturated carbocycles. The molecule has 0 aromatic heterocycles. The average Bonchev–Trinajstić information content (AvgIpc) is 3.07. The Kier molecular flexibility index (Phi) is 6.73. The number of rotatable bonds is 5. The predicted octanol–water partition coefficient (Wildman–Crippen LogP) is 1.83. The highest BCUT2D eigenvalue weighted by Crippen LogP contribution is 2.32. The summed E-state index contributed by atoms with van der Waals surface area (Å²) in [4.78, 5) is 37.7. The first-order chi connectivity index (χ1) is 14.6. The van der Waals surface area contributed by atoms with Crippen LogP contribution in [-0.2, 0) is 11.0 Å². The van der Waals surface area contributed by atoms with Gasteiger partial charge in [-0.3, -0.25) is 9.59 Å². The van der Waals surface area contributed by atoms with Crippen molar-refractivity contribution in [3.8, 4) is 0 Å². The van der Waals surface area contributed by atoms with Gasteiger partial charge in [0.05, 0.1) is 5.56 Å². The molecule has 2 unspecified atom stereocenters. The molecule has 1 aromatic rings. The van der Waals surface area contributed by atoms with Gasteiger partial charge in [0.1, 0.15) is 6.04 Å². The van der Waals surface area contributed by atoms with Crippen LogP contribution in [0.15, 0.2) is 24.3 Å². The third-order valence-electron chi connectivity index (χ3n) is 5.90. The van der Waals surface area contributed by atoms with E-state index in [2.05, 4.69) is 10.6 Å². The molecule has 0 bridgehead atoms. The largest absolute Gasteiger partial charge is 0.465 e. The molecule has 1 saturated heterocycles. The lowest BCUT2D eigenvalue weighted by atomic mass is 9.81. The van der Waals surface area contributed by atoms with Gasteiger partial charge in [-0.05, 0) is 43.9 Å². The van der Waals surface area contributed by atoms with Gasteiger partial charge >= 0.3 is 12.3 Å². The minimum atomic E-state index is -4.58.